The van der Waals surface area contributed by atoms with Gasteiger partial charge in [-0.2, -0.15) is 0 Å². The van der Waals surface area contributed by atoms with Gasteiger partial charge in [-0.05, 0) is 63.8 Å². The molecule has 0 spiro atoms. The van der Waals surface area contributed by atoms with Crippen molar-refractivity contribution in [3.05, 3.63) is 56.2 Å². The molecule has 0 N–H and O–H groups in total. The number of aryl methyl sites for hydroxylation is 1. The molecule has 128 valence electrons. The minimum absolute atomic E-state index is 0.0171. The summed E-state index contributed by atoms with van der Waals surface area (Å²) in [6, 6.07) is 11.5. The Hall–Kier alpha value is -1.93. The average molecular weight is 418 g/mol. The first-order valence-electron chi connectivity index (χ1n) is 8.08. The summed E-state index contributed by atoms with van der Waals surface area (Å²) in [4.78, 5) is 15.7. The van der Waals surface area contributed by atoms with Crippen LogP contribution in [-0.4, -0.2) is 23.4 Å². The fourth-order valence-electron chi connectivity index (χ4n) is 3.60. The van der Waals surface area contributed by atoms with Gasteiger partial charge in [0.05, 0.1) is 14.7 Å². The lowest BCUT2D eigenvalue weighted by atomic mass is 9.88. The van der Waals surface area contributed by atoms with Gasteiger partial charge >= 0.3 is 0 Å². The van der Waals surface area contributed by atoms with Gasteiger partial charge in [-0.15, -0.1) is 21.6 Å². The van der Waals surface area contributed by atoms with E-state index in [0.29, 0.717) is 11.4 Å². The Morgan fingerprint density at radius 2 is 2.00 bits per heavy atom. The van der Waals surface area contributed by atoms with Gasteiger partial charge in [-0.1, -0.05) is 24.3 Å². The number of benzene rings is 1. The predicted molar refractivity (Wildman–Crippen MR) is 98.6 cm³/mol. The van der Waals surface area contributed by atoms with E-state index in [1.165, 1.54) is 11.3 Å². The Kier molecular flexibility index (Phi) is 4.24. The van der Waals surface area contributed by atoms with E-state index in [0.717, 1.165) is 27.8 Å². The number of halogens is 1. The third kappa shape index (κ3) is 2.73. The molecule has 0 aliphatic carbocycles. The number of nitrogens with zero attached hydrogens (tertiary/aromatic N) is 5. The van der Waals surface area contributed by atoms with Gasteiger partial charge in [-0.25, -0.2) is 0 Å². The SMILES string of the molecule is Cc1ccccc1C1(C2CCCN2C(=O)c2ccc(Br)s2)N=NN=N1. The Bertz CT molecular complexity index is 865. The van der Waals surface area contributed by atoms with E-state index in [4.69, 9.17) is 0 Å². The first kappa shape index (κ1) is 16.5. The molecule has 1 atom stereocenters. The Morgan fingerprint density at radius 3 is 2.68 bits per heavy atom. The van der Waals surface area contributed by atoms with Gasteiger partial charge < -0.3 is 4.90 Å². The first-order valence-corrected chi connectivity index (χ1v) is 9.69. The maximum Gasteiger partial charge on any atom is 0.264 e. The normalized spacial score (nSPS) is 21.2. The molecular weight excluding hydrogens is 402 g/mol. The fourth-order valence-corrected chi connectivity index (χ4v) is 4.94. The van der Waals surface area contributed by atoms with Gasteiger partial charge in [-0.3, -0.25) is 4.79 Å². The molecule has 1 saturated heterocycles. The predicted octanol–water partition coefficient (Wildman–Crippen LogP) is 5.11. The second-order valence-electron chi connectivity index (χ2n) is 6.18. The smallest absolute Gasteiger partial charge is 0.264 e. The van der Waals surface area contributed by atoms with Crippen molar-refractivity contribution < 1.29 is 4.79 Å². The summed E-state index contributed by atoms with van der Waals surface area (Å²) in [6.45, 7) is 2.72. The molecule has 8 heteroatoms. The topological polar surface area (TPSA) is 69.8 Å². The zero-order valence-electron chi connectivity index (χ0n) is 13.6. The maximum atomic E-state index is 13.1. The minimum atomic E-state index is -0.938. The molecule has 2 aromatic rings. The van der Waals surface area contributed by atoms with Crippen LogP contribution in [0.25, 0.3) is 0 Å². The molecule has 0 radical (unpaired) electrons. The fraction of sp³-hybridized carbons (Fsp3) is 0.353. The molecule has 6 nitrogen and oxygen atoms in total. The van der Waals surface area contributed by atoms with E-state index in [9.17, 15) is 4.79 Å². The quantitative estimate of drug-likeness (QED) is 0.683. The average Bonchev–Trinajstić information content (AvgIpc) is 3.35. The van der Waals surface area contributed by atoms with Crippen LogP contribution in [-0.2, 0) is 5.66 Å². The van der Waals surface area contributed by atoms with Gasteiger partial charge in [0.15, 0.2) is 0 Å². The molecule has 1 unspecified atom stereocenters. The number of carbonyl (C=O) groups is 1. The molecule has 25 heavy (non-hydrogen) atoms. The summed E-state index contributed by atoms with van der Waals surface area (Å²) < 4.78 is 0.945. The number of hydrogen-bond acceptors (Lipinski definition) is 6. The van der Waals surface area contributed by atoms with E-state index in [1.807, 2.05) is 48.2 Å². The summed E-state index contributed by atoms with van der Waals surface area (Å²) in [7, 11) is 0. The number of amides is 1. The van der Waals surface area contributed by atoms with Crippen molar-refractivity contribution in [3.8, 4) is 0 Å². The van der Waals surface area contributed by atoms with Gasteiger partial charge in [0.1, 0.15) is 0 Å². The first-order chi connectivity index (χ1) is 12.1. The highest BCUT2D eigenvalue weighted by Gasteiger charge is 2.51. The molecule has 2 aliphatic heterocycles. The Morgan fingerprint density at radius 1 is 1.24 bits per heavy atom. The van der Waals surface area contributed by atoms with Crippen LogP contribution in [0.2, 0.25) is 0 Å². The van der Waals surface area contributed by atoms with Crippen LogP contribution in [0.5, 0.6) is 0 Å². The van der Waals surface area contributed by atoms with Crippen molar-refractivity contribution in [2.45, 2.75) is 31.5 Å². The van der Waals surface area contributed by atoms with E-state index < -0.39 is 5.66 Å². The zero-order chi connectivity index (χ0) is 17.4. The van der Waals surface area contributed by atoms with E-state index in [2.05, 4.69) is 36.6 Å². The molecule has 2 aliphatic rings. The molecular formula is C17H16BrN5OS. The van der Waals surface area contributed by atoms with Gasteiger partial charge in [0, 0.05) is 12.1 Å². The Labute approximate surface area is 157 Å². The number of rotatable bonds is 3. The van der Waals surface area contributed by atoms with E-state index >= 15 is 0 Å². The van der Waals surface area contributed by atoms with E-state index in [1.54, 1.807) is 0 Å². The van der Waals surface area contributed by atoms with Gasteiger partial charge in [0.25, 0.3) is 5.91 Å². The summed E-state index contributed by atoms with van der Waals surface area (Å²) in [5, 5.41) is 16.4. The Balaban J connectivity index is 1.75. The van der Waals surface area contributed by atoms with Gasteiger partial charge in [0.2, 0.25) is 5.66 Å². The highest BCUT2D eigenvalue weighted by atomic mass is 79.9. The largest absolute Gasteiger partial charge is 0.330 e. The number of hydrogen-bond donors (Lipinski definition) is 0. The molecule has 1 aromatic heterocycles. The highest BCUT2D eigenvalue weighted by Crippen LogP contribution is 2.44. The molecule has 4 rings (SSSR count). The molecule has 0 bridgehead atoms. The highest BCUT2D eigenvalue weighted by molar-refractivity contribution is 9.11. The molecule has 3 heterocycles. The lowest BCUT2D eigenvalue weighted by Crippen LogP contribution is -2.47. The van der Waals surface area contributed by atoms with Crippen LogP contribution in [0, 0.1) is 6.92 Å². The lowest BCUT2D eigenvalue weighted by Gasteiger charge is -2.34. The third-order valence-corrected chi connectivity index (χ3v) is 6.35. The van der Waals surface area contributed by atoms with Crippen LogP contribution in [0.4, 0.5) is 0 Å². The van der Waals surface area contributed by atoms with Crippen LogP contribution in [0.15, 0.2) is 60.9 Å². The summed E-state index contributed by atoms with van der Waals surface area (Å²) in [5.74, 6) is 0.0171. The zero-order valence-corrected chi connectivity index (χ0v) is 16.0. The van der Waals surface area contributed by atoms with Crippen molar-refractivity contribution in [1.29, 1.82) is 0 Å². The monoisotopic (exact) mass is 417 g/mol. The lowest BCUT2D eigenvalue weighted by molar-refractivity contribution is 0.0667. The van der Waals surface area contributed by atoms with Crippen LogP contribution in [0.3, 0.4) is 0 Å². The van der Waals surface area contributed by atoms with Crippen LogP contribution >= 0.6 is 27.3 Å². The minimum Gasteiger partial charge on any atom is -0.330 e. The summed E-state index contributed by atoms with van der Waals surface area (Å²) >= 11 is 4.87. The summed E-state index contributed by atoms with van der Waals surface area (Å²) in [5.41, 5.74) is 1.09. The van der Waals surface area contributed by atoms with Crippen LogP contribution < -0.4 is 0 Å². The number of likely N-dealkylation sites (tertiary alicyclic amines) is 1. The molecule has 0 saturated carbocycles. The molecule has 1 aromatic carbocycles. The van der Waals surface area contributed by atoms with Crippen molar-refractivity contribution in [1.82, 2.24) is 4.90 Å². The second kappa shape index (κ2) is 6.42. The standard InChI is InChI=1S/C17H16BrN5OS/c1-11-5-2-3-6-12(11)17(19-21-22-20-17)14-7-4-10-23(14)16(24)13-8-9-15(18)25-13/h2-3,5-6,8-9,14H,4,7,10H2,1H3. The van der Waals surface area contributed by atoms with Crippen molar-refractivity contribution in [2.24, 2.45) is 20.7 Å². The van der Waals surface area contributed by atoms with Crippen LogP contribution in [0.1, 0.15) is 33.6 Å². The van der Waals surface area contributed by atoms with Crippen molar-refractivity contribution in [3.63, 3.8) is 0 Å². The van der Waals surface area contributed by atoms with E-state index in [-0.39, 0.29) is 11.9 Å². The second-order valence-corrected chi connectivity index (χ2v) is 8.64. The van der Waals surface area contributed by atoms with Crippen molar-refractivity contribution >= 4 is 33.2 Å². The number of carbonyl (C=O) groups excluding carboxylic acids is 1. The molecule has 1 fully saturated rings. The summed E-state index contributed by atoms with van der Waals surface area (Å²) in [6.07, 6.45) is 1.74. The third-order valence-electron chi connectivity index (χ3n) is 4.74. The number of thiophene rings is 1. The van der Waals surface area contributed by atoms with Crippen molar-refractivity contribution in [2.75, 3.05) is 6.54 Å². The maximum absolute atomic E-state index is 13.1. The molecule has 1 amide bonds.